The Bertz CT molecular complexity index is 1130. The third-order valence-corrected chi connectivity index (χ3v) is 5.23. The summed E-state index contributed by atoms with van der Waals surface area (Å²) >= 11 is 0. The van der Waals surface area contributed by atoms with Gasteiger partial charge in [-0.15, -0.1) is 0 Å². The van der Waals surface area contributed by atoms with Crippen LogP contribution in [0.4, 0.5) is 0 Å². The largest absolute Gasteiger partial charge is 0.493 e. The highest BCUT2D eigenvalue weighted by Crippen LogP contribution is 2.29. The number of nitrogens with zero attached hydrogens (tertiary/aromatic N) is 2. The molecule has 0 unspecified atom stereocenters. The second-order valence-electron chi connectivity index (χ2n) is 7.35. The Morgan fingerprint density at radius 3 is 2.57 bits per heavy atom. The highest BCUT2D eigenvalue weighted by molar-refractivity contribution is 5.94. The van der Waals surface area contributed by atoms with Crippen LogP contribution in [0.2, 0.25) is 0 Å². The molecule has 0 aliphatic heterocycles. The molecule has 30 heavy (non-hydrogen) atoms. The van der Waals surface area contributed by atoms with Crippen molar-refractivity contribution in [3.05, 3.63) is 78.2 Å². The zero-order valence-electron chi connectivity index (χ0n) is 17.6. The van der Waals surface area contributed by atoms with Gasteiger partial charge in [0.25, 0.3) is 0 Å². The summed E-state index contributed by atoms with van der Waals surface area (Å²) in [6.07, 6.45) is 2.66. The van der Waals surface area contributed by atoms with Crippen LogP contribution in [0.3, 0.4) is 0 Å². The van der Waals surface area contributed by atoms with Crippen LogP contribution in [0.25, 0.3) is 22.2 Å². The summed E-state index contributed by atoms with van der Waals surface area (Å²) < 4.78 is 16.5. The van der Waals surface area contributed by atoms with E-state index in [1.54, 1.807) is 20.5 Å². The lowest BCUT2D eigenvalue weighted by molar-refractivity contribution is 0.325. The lowest BCUT2D eigenvalue weighted by Gasteiger charge is -2.15. The molecular weight excluding hydrogens is 376 g/mol. The van der Waals surface area contributed by atoms with Crippen molar-refractivity contribution in [2.45, 2.75) is 13.0 Å². The van der Waals surface area contributed by atoms with Crippen LogP contribution in [0.1, 0.15) is 11.3 Å². The van der Waals surface area contributed by atoms with Gasteiger partial charge < -0.3 is 18.8 Å². The minimum atomic E-state index is 0.662. The van der Waals surface area contributed by atoms with E-state index in [-0.39, 0.29) is 0 Å². The summed E-state index contributed by atoms with van der Waals surface area (Å²) in [7, 11) is 5.40. The van der Waals surface area contributed by atoms with Gasteiger partial charge in [-0.05, 0) is 48.0 Å². The van der Waals surface area contributed by atoms with Gasteiger partial charge in [-0.1, -0.05) is 42.5 Å². The fourth-order valence-electron chi connectivity index (χ4n) is 3.63. The summed E-state index contributed by atoms with van der Waals surface area (Å²) in [6.45, 7) is 1.62. The van der Waals surface area contributed by atoms with Crippen LogP contribution in [0.5, 0.6) is 11.5 Å². The maximum Gasteiger partial charge on any atom is 0.226 e. The van der Waals surface area contributed by atoms with Crippen molar-refractivity contribution in [2.75, 3.05) is 27.8 Å². The average molecular weight is 402 g/mol. The number of hydrogen-bond donors (Lipinski definition) is 0. The van der Waals surface area contributed by atoms with Crippen LogP contribution in [0, 0.1) is 0 Å². The van der Waals surface area contributed by atoms with Crippen molar-refractivity contribution >= 4 is 10.8 Å². The Labute approximate surface area is 176 Å². The molecule has 1 aromatic heterocycles. The molecule has 0 atom stereocenters. The van der Waals surface area contributed by atoms with E-state index in [9.17, 15) is 0 Å². The number of fused-ring (bicyclic) bond motifs is 1. The Morgan fingerprint density at radius 1 is 0.933 bits per heavy atom. The molecule has 0 saturated carbocycles. The zero-order valence-corrected chi connectivity index (χ0v) is 17.6. The minimum Gasteiger partial charge on any atom is -0.493 e. The van der Waals surface area contributed by atoms with Gasteiger partial charge in [-0.2, -0.15) is 0 Å². The second-order valence-corrected chi connectivity index (χ2v) is 7.35. The Hall–Kier alpha value is -3.31. The normalized spacial score (nSPS) is 11.2. The highest BCUT2D eigenvalue weighted by atomic mass is 16.5. The SMILES string of the molecule is COc1ccc(CCN(C)Cc2coc(-c3cccc4ccccc34)n2)cc1OC. The Kier molecular flexibility index (Phi) is 6.00. The fourth-order valence-corrected chi connectivity index (χ4v) is 3.63. The van der Waals surface area contributed by atoms with Gasteiger partial charge in [-0.25, -0.2) is 4.98 Å². The van der Waals surface area contributed by atoms with Gasteiger partial charge in [0.15, 0.2) is 11.5 Å². The molecule has 5 nitrogen and oxygen atoms in total. The molecule has 0 bridgehead atoms. The van der Waals surface area contributed by atoms with Crippen molar-refractivity contribution in [3.63, 3.8) is 0 Å². The smallest absolute Gasteiger partial charge is 0.226 e. The van der Waals surface area contributed by atoms with Crippen LogP contribution < -0.4 is 9.47 Å². The van der Waals surface area contributed by atoms with Crippen LogP contribution in [-0.2, 0) is 13.0 Å². The predicted molar refractivity (Wildman–Crippen MR) is 119 cm³/mol. The van der Waals surface area contributed by atoms with E-state index < -0.39 is 0 Å². The van der Waals surface area contributed by atoms with Crippen molar-refractivity contribution in [1.82, 2.24) is 9.88 Å². The molecule has 0 N–H and O–H groups in total. The van der Waals surface area contributed by atoms with E-state index in [1.807, 2.05) is 30.3 Å². The Morgan fingerprint density at radius 2 is 1.73 bits per heavy atom. The van der Waals surface area contributed by atoms with E-state index >= 15 is 0 Å². The predicted octanol–water partition coefficient (Wildman–Crippen LogP) is 5.19. The molecule has 0 saturated heterocycles. The maximum absolute atomic E-state index is 5.81. The lowest BCUT2D eigenvalue weighted by Crippen LogP contribution is -2.20. The summed E-state index contributed by atoms with van der Waals surface area (Å²) in [5.41, 5.74) is 3.15. The lowest BCUT2D eigenvalue weighted by atomic mass is 10.0. The first-order valence-electron chi connectivity index (χ1n) is 10.00. The number of methoxy groups -OCH3 is 2. The molecule has 1 heterocycles. The molecule has 4 aromatic rings. The number of oxazole rings is 1. The maximum atomic E-state index is 5.81. The van der Waals surface area contributed by atoms with Gasteiger partial charge >= 0.3 is 0 Å². The highest BCUT2D eigenvalue weighted by Gasteiger charge is 2.12. The van der Waals surface area contributed by atoms with Gasteiger partial charge in [-0.3, -0.25) is 0 Å². The molecule has 0 aliphatic rings. The van der Waals surface area contributed by atoms with E-state index in [4.69, 9.17) is 18.9 Å². The molecule has 3 aromatic carbocycles. The molecular formula is C25H26N2O3. The molecule has 0 radical (unpaired) electrons. The summed E-state index contributed by atoms with van der Waals surface area (Å²) in [6, 6.07) is 20.5. The van der Waals surface area contributed by atoms with Crippen LogP contribution >= 0.6 is 0 Å². The molecule has 0 amide bonds. The zero-order chi connectivity index (χ0) is 20.9. The number of benzene rings is 3. The number of rotatable bonds is 8. The molecule has 0 fully saturated rings. The molecule has 4 rings (SSSR count). The van der Waals surface area contributed by atoms with Gasteiger partial charge in [0.1, 0.15) is 6.26 Å². The van der Waals surface area contributed by atoms with Crippen molar-refractivity contribution in [2.24, 2.45) is 0 Å². The van der Waals surface area contributed by atoms with Gasteiger partial charge in [0, 0.05) is 18.7 Å². The van der Waals surface area contributed by atoms with Gasteiger partial charge in [0.2, 0.25) is 5.89 Å². The van der Waals surface area contributed by atoms with E-state index in [0.29, 0.717) is 5.89 Å². The molecule has 5 heteroatoms. The summed E-state index contributed by atoms with van der Waals surface area (Å²) in [4.78, 5) is 6.97. The average Bonchev–Trinajstić information content (AvgIpc) is 3.25. The van der Waals surface area contributed by atoms with E-state index in [2.05, 4.69) is 42.3 Å². The first-order valence-corrected chi connectivity index (χ1v) is 10.00. The molecule has 0 spiro atoms. The number of likely N-dealkylation sites (N-methyl/N-ethyl adjacent to an activating group) is 1. The van der Waals surface area contributed by atoms with Crippen molar-refractivity contribution < 1.29 is 13.9 Å². The first kappa shape index (κ1) is 20.0. The first-order chi connectivity index (χ1) is 14.7. The number of ether oxygens (including phenoxy) is 2. The standard InChI is InChI=1S/C25H26N2O3/c1-27(14-13-18-11-12-23(28-2)24(15-18)29-3)16-20-17-30-25(26-20)22-10-6-8-19-7-4-5-9-21(19)22/h4-12,15,17H,13-14,16H2,1-3H3. The van der Waals surface area contributed by atoms with Crippen molar-refractivity contribution in [3.8, 4) is 23.0 Å². The minimum absolute atomic E-state index is 0.662. The number of aromatic nitrogens is 1. The quantitative estimate of drug-likeness (QED) is 0.406. The molecule has 0 aliphatic carbocycles. The molecule has 154 valence electrons. The van der Waals surface area contributed by atoms with Crippen molar-refractivity contribution in [1.29, 1.82) is 0 Å². The van der Waals surface area contributed by atoms with Gasteiger partial charge in [0.05, 0.1) is 19.9 Å². The summed E-state index contributed by atoms with van der Waals surface area (Å²) in [5.74, 6) is 2.17. The summed E-state index contributed by atoms with van der Waals surface area (Å²) in [5, 5.41) is 2.33. The number of hydrogen-bond acceptors (Lipinski definition) is 5. The van der Waals surface area contributed by atoms with E-state index in [0.717, 1.165) is 47.7 Å². The second kappa shape index (κ2) is 9.01. The van der Waals surface area contributed by atoms with E-state index in [1.165, 1.54) is 10.9 Å². The topological polar surface area (TPSA) is 47.7 Å². The van der Waals surface area contributed by atoms with Crippen LogP contribution in [-0.4, -0.2) is 37.7 Å². The third kappa shape index (κ3) is 4.31. The Balaban J connectivity index is 1.41. The van der Waals surface area contributed by atoms with Crippen LogP contribution in [0.15, 0.2) is 71.3 Å². The monoisotopic (exact) mass is 402 g/mol. The fraction of sp³-hybridized carbons (Fsp3) is 0.240. The third-order valence-electron chi connectivity index (χ3n) is 5.23.